The summed E-state index contributed by atoms with van der Waals surface area (Å²) in [5, 5.41) is 19.4. The number of hydrogen-bond acceptors (Lipinski definition) is 7. The van der Waals surface area contributed by atoms with E-state index < -0.39 is 24.1 Å². The first-order valence-corrected chi connectivity index (χ1v) is 14.9. The molecule has 10 heteroatoms. The molecular formula is C31H54N4O6. The third kappa shape index (κ3) is 12.8. The highest BCUT2D eigenvalue weighted by Crippen LogP contribution is 2.24. The molecule has 0 saturated carbocycles. The van der Waals surface area contributed by atoms with E-state index in [1.54, 1.807) is 25.3 Å². The number of benzene rings is 1. The van der Waals surface area contributed by atoms with Gasteiger partial charge in [0.05, 0.1) is 18.3 Å². The van der Waals surface area contributed by atoms with Crippen LogP contribution in [0.3, 0.4) is 0 Å². The molecule has 0 fully saturated rings. The maximum Gasteiger partial charge on any atom is 0.255 e. The Kier molecular flexibility index (Phi) is 17.2. The Morgan fingerprint density at radius 1 is 0.976 bits per heavy atom. The van der Waals surface area contributed by atoms with Gasteiger partial charge in [-0.2, -0.15) is 0 Å². The SMILES string of the molecule is CCC(NC(=O)C(CC(O)C(N)CC(CNC(=O)c1ccccc1OCCCCOC)C(C)C)C(C)C)C(=O)NC. The van der Waals surface area contributed by atoms with Crippen molar-refractivity contribution in [1.29, 1.82) is 0 Å². The zero-order valence-corrected chi connectivity index (χ0v) is 26.1. The maximum absolute atomic E-state index is 13.1. The van der Waals surface area contributed by atoms with Crippen LogP contribution in [-0.4, -0.2) is 74.9 Å². The molecule has 5 atom stereocenters. The average molecular weight is 579 g/mol. The van der Waals surface area contributed by atoms with Crippen LogP contribution in [0.4, 0.5) is 0 Å². The topological polar surface area (TPSA) is 152 Å². The lowest BCUT2D eigenvalue weighted by Crippen LogP contribution is -2.49. The molecule has 1 aromatic carbocycles. The standard InChI is InChI=1S/C31H54N4O6/c1-8-26(31(39)33-6)35-30(38)24(21(4)5)18-27(36)25(32)17-22(20(2)3)19-34-29(37)23-13-9-10-14-28(23)41-16-12-11-15-40-7/h9-10,13-14,20-22,24-27,36H,8,11-12,15-19,32H2,1-7H3,(H,33,39)(H,34,37)(H,35,38). The van der Waals surface area contributed by atoms with Gasteiger partial charge in [-0.05, 0) is 62.0 Å². The molecule has 3 amide bonds. The predicted molar refractivity (Wildman–Crippen MR) is 162 cm³/mol. The highest BCUT2D eigenvalue weighted by molar-refractivity contribution is 5.96. The number of unbranched alkanes of at least 4 members (excludes halogenated alkanes) is 1. The Labute approximate surface area is 246 Å². The van der Waals surface area contributed by atoms with Crippen LogP contribution in [0.25, 0.3) is 0 Å². The molecule has 0 saturated heterocycles. The van der Waals surface area contributed by atoms with E-state index in [0.717, 1.165) is 12.8 Å². The predicted octanol–water partition coefficient (Wildman–Crippen LogP) is 2.88. The van der Waals surface area contributed by atoms with Crippen LogP contribution in [0.5, 0.6) is 5.75 Å². The fourth-order valence-electron chi connectivity index (χ4n) is 4.65. The Hall–Kier alpha value is -2.69. The first kappa shape index (κ1) is 36.3. The summed E-state index contributed by atoms with van der Waals surface area (Å²) in [5.74, 6) is -0.560. The number of para-hydroxylation sites is 1. The van der Waals surface area contributed by atoms with Crippen molar-refractivity contribution in [1.82, 2.24) is 16.0 Å². The molecule has 234 valence electrons. The number of amides is 3. The number of carbonyl (C=O) groups is 3. The lowest BCUT2D eigenvalue weighted by molar-refractivity contribution is -0.132. The molecule has 0 aliphatic rings. The van der Waals surface area contributed by atoms with Crippen LogP contribution in [0.2, 0.25) is 0 Å². The van der Waals surface area contributed by atoms with E-state index in [9.17, 15) is 19.5 Å². The minimum Gasteiger partial charge on any atom is -0.493 e. The zero-order chi connectivity index (χ0) is 30.9. The van der Waals surface area contributed by atoms with Crippen molar-refractivity contribution in [3.8, 4) is 5.75 Å². The minimum absolute atomic E-state index is 0.00905. The molecule has 0 spiro atoms. The first-order chi connectivity index (χ1) is 19.5. The summed E-state index contributed by atoms with van der Waals surface area (Å²) in [5.41, 5.74) is 6.92. The van der Waals surface area contributed by atoms with Crippen molar-refractivity contribution in [3.05, 3.63) is 29.8 Å². The summed E-state index contributed by atoms with van der Waals surface area (Å²) in [6.45, 7) is 11.3. The van der Waals surface area contributed by atoms with Crippen molar-refractivity contribution in [2.24, 2.45) is 29.4 Å². The normalized spacial score (nSPS) is 15.1. The molecule has 10 nitrogen and oxygen atoms in total. The van der Waals surface area contributed by atoms with Gasteiger partial charge in [-0.1, -0.05) is 46.8 Å². The van der Waals surface area contributed by atoms with Gasteiger partial charge in [0.25, 0.3) is 5.91 Å². The number of nitrogens with one attached hydrogen (secondary N) is 3. The molecule has 6 N–H and O–H groups in total. The van der Waals surface area contributed by atoms with Gasteiger partial charge in [-0.3, -0.25) is 14.4 Å². The summed E-state index contributed by atoms with van der Waals surface area (Å²) in [4.78, 5) is 38.1. The van der Waals surface area contributed by atoms with Crippen molar-refractivity contribution >= 4 is 17.7 Å². The van der Waals surface area contributed by atoms with Crippen LogP contribution in [0.15, 0.2) is 24.3 Å². The van der Waals surface area contributed by atoms with Gasteiger partial charge in [-0.25, -0.2) is 0 Å². The van der Waals surface area contributed by atoms with Crippen molar-refractivity contribution in [3.63, 3.8) is 0 Å². The van der Waals surface area contributed by atoms with Gasteiger partial charge in [0.1, 0.15) is 11.8 Å². The van der Waals surface area contributed by atoms with E-state index in [-0.39, 0.29) is 41.9 Å². The highest BCUT2D eigenvalue weighted by atomic mass is 16.5. The Balaban J connectivity index is 2.77. The molecule has 0 heterocycles. The van der Waals surface area contributed by atoms with E-state index in [4.69, 9.17) is 15.2 Å². The summed E-state index contributed by atoms with van der Waals surface area (Å²) in [7, 11) is 3.20. The summed E-state index contributed by atoms with van der Waals surface area (Å²) in [6.07, 6.45) is 1.90. The van der Waals surface area contributed by atoms with Gasteiger partial charge < -0.3 is 36.3 Å². The lowest BCUT2D eigenvalue weighted by atomic mass is 9.83. The van der Waals surface area contributed by atoms with Crippen LogP contribution < -0.4 is 26.4 Å². The lowest BCUT2D eigenvalue weighted by Gasteiger charge is -2.30. The molecule has 0 aromatic heterocycles. The van der Waals surface area contributed by atoms with E-state index in [1.165, 1.54) is 7.05 Å². The quantitative estimate of drug-likeness (QED) is 0.149. The summed E-state index contributed by atoms with van der Waals surface area (Å²) < 4.78 is 10.9. The second-order valence-corrected chi connectivity index (χ2v) is 11.4. The van der Waals surface area contributed by atoms with E-state index in [1.807, 2.05) is 26.8 Å². The van der Waals surface area contributed by atoms with E-state index in [2.05, 4.69) is 29.8 Å². The van der Waals surface area contributed by atoms with Gasteiger partial charge >= 0.3 is 0 Å². The van der Waals surface area contributed by atoms with Gasteiger partial charge in [0.2, 0.25) is 11.8 Å². The molecule has 1 rings (SSSR count). The van der Waals surface area contributed by atoms with Crippen LogP contribution >= 0.6 is 0 Å². The first-order valence-electron chi connectivity index (χ1n) is 14.9. The molecule has 0 aliphatic heterocycles. The van der Waals surface area contributed by atoms with Crippen LogP contribution in [0.1, 0.15) is 77.1 Å². The summed E-state index contributed by atoms with van der Waals surface area (Å²) >= 11 is 0. The Morgan fingerprint density at radius 2 is 1.63 bits per heavy atom. The van der Waals surface area contributed by atoms with Crippen LogP contribution in [0, 0.1) is 23.7 Å². The third-order valence-electron chi connectivity index (χ3n) is 7.59. The zero-order valence-electron chi connectivity index (χ0n) is 26.1. The highest BCUT2D eigenvalue weighted by Gasteiger charge is 2.31. The van der Waals surface area contributed by atoms with Crippen molar-refractivity contribution in [2.75, 3.05) is 33.9 Å². The summed E-state index contributed by atoms with van der Waals surface area (Å²) in [6, 6.07) is 5.96. The second-order valence-electron chi connectivity index (χ2n) is 11.4. The fraction of sp³-hybridized carbons (Fsp3) is 0.710. The van der Waals surface area contributed by atoms with Crippen molar-refractivity contribution < 1.29 is 29.0 Å². The smallest absolute Gasteiger partial charge is 0.255 e. The number of carbonyl (C=O) groups excluding carboxylic acids is 3. The second kappa shape index (κ2) is 19.4. The number of aliphatic hydroxyl groups is 1. The van der Waals surface area contributed by atoms with Gasteiger partial charge in [-0.15, -0.1) is 0 Å². The van der Waals surface area contributed by atoms with E-state index >= 15 is 0 Å². The fourth-order valence-corrected chi connectivity index (χ4v) is 4.65. The number of rotatable bonds is 20. The van der Waals surface area contributed by atoms with Crippen molar-refractivity contribution in [2.45, 2.75) is 84.9 Å². The molecule has 0 aliphatic carbocycles. The number of ether oxygens (including phenoxy) is 2. The number of nitrogens with two attached hydrogens (primary N) is 1. The van der Waals surface area contributed by atoms with Gasteiger partial charge in [0, 0.05) is 39.3 Å². The molecule has 0 radical (unpaired) electrons. The number of hydrogen-bond donors (Lipinski definition) is 5. The molecule has 5 unspecified atom stereocenters. The number of methoxy groups -OCH3 is 1. The Bertz CT molecular complexity index is 926. The van der Waals surface area contributed by atoms with Crippen LogP contribution in [-0.2, 0) is 14.3 Å². The number of likely N-dealkylation sites (N-methyl/N-ethyl adjacent to an activating group) is 1. The molecule has 41 heavy (non-hydrogen) atoms. The molecule has 1 aromatic rings. The minimum atomic E-state index is -0.919. The molecular weight excluding hydrogens is 524 g/mol. The monoisotopic (exact) mass is 578 g/mol. The number of aliphatic hydroxyl groups excluding tert-OH is 1. The maximum atomic E-state index is 13.1. The van der Waals surface area contributed by atoms with Gasteiger partial charge in [0.15, 0.2) is 0 Å². The largest absolute Gasteiger partial charge is 0.493 e. The average Bonchev–Trinajstić information content (AvgIpc) is 2.95. The third-order valence-corrected chi connectivity index (χ3v) is 7.59. The van der Waals surface area contributed by atoms with E-state index in [0.29, 0.717) is 43.9 Å². The molecule has 0 bridgehead atoms. The Morgan fingerprint density at radius 3 is 2.22 bits per heavy atom.